The summed E-state index contributed by atoms with van der Waals surface area (Å²) in [6.07, 6.45) is 1.56. The maximum atomic E-state index is 10.6. The summed E-state index contributed by atoms with van der Waals surface area (Å²) in [7, 11) is 0. The van der Waals surface area contributed by atoms with E-state index < -0.39 is 5.23 Å². The Kier molecular flexibility index (Phi) is 2.56. The minimum atomic E-state index is -0.956. The molecule has 0 amide bonds. The highest BCUT2D eigenvalue weighted by atomic mass is 79.9. The van der Waals surface area contributed by atoms with Gasteiger partial charge in [-0.05, 0) is 28.9 Å². The fourth-order valence-corrected chi connectivity index (χ4v) is 1.38. The van der Waals surface area contributed by atoms with Crippen LogP contribution in [-0.2, 0) is 0 Å². The highest BCUT2D eigenvalue weighted by Gasteiger charge is 2.10. The maximum Gasteiger partial charge on any atom is 0.199 e. The monoisotopic (exact) mass is 218 g/mol. The zero-order valence-electron chi connectivity index (χ0n) is 5.84. The molecule has 0 aliphatic heterocycles. The zero-order chi connectivity index (χ0) is 8.43. The molecule has 4 nitrogen and oxygen atoms in total. The van der Waals surface area contributed by atoms with Crippen LogP contribution in [0.5, 0.6) is 0 Å². The predicted molar refractivity (Wildman–Crippen MR) is 42.5 cm³/mol. The summed E-state index contributed by atoms with van der Waals surface area (Å²) in [5.41, 5.74) is 0.937. The van der Waals surface area contributed by atoms with Crippen LogP contribution in [0.25, 0.3) is 0 Å². The van der Waals surface area contributed by atoms with Gasteiger partial charge in [-0.2, -0.15) is 5.23 Å². The largest absolute Gasteiger partial charge is 0.595 e. The van der Waals surface area contributed by atoms with E-state index in [0.717, 1.165) is 0 Å². The average molecular weight is 219 g/mol. The van der Waals surface area contributed by atoms with E-state index in [1.807, 2.05) is 0 Å². The lowest BCUT2D eigenvalue weighted by atomic mass is 10.3. The molecule has 1 aromatic heterocycles. The predicted octanol–water partition coefficient (Wildman–Crippen LogP) is 0.556. The van der Waals surface area contributed by atoms with E-state index in [2.05, 4.69) is 20.9 Å². The van der Waals surface area contributed by atoms with Crippen LogP contribution in [-0.4, -0.2) is 10.2 Å². The number of pyridine rings is 1. The highest BCUT2D eigenvalue weighted by Crippen LogP contribution is 2.18. The van der Waals surface area contributed by atoms with Crippen LogP contribution in [0, 0.1) is 12.1 Å². The van der Waals surface area contributed by atoms with E-state index in [4.69, 9.17) is 5.21 Å². The van der Waals surface area contributed by atoms with Gasteiger partial charge >= 0.3 is 0 Å². The van der Waals surface area contributed by atoms with Crippen molar-refractivity contribution in [1.82, 2.24) is 4.98 Å². The van der Waals surface area contributed by atoms with Gasteiger partial charge in [0.2, 0.25) is 0 Å². The molecule has 1 atom stereocenters. The number of hydrogen-bond donors (Lipinski definition) is 2. The Morgan fingerprint density at radius 2 is 2.36 bits per heavy atom. The molecule has 60 valence electrons. The molecule has 2 N–H and O–H groups in total. The van der Waals surface area contributed by atoms with Crippen LogP contribution < -0.4 is 5.23 Å². The van der Waals surface area contributed by atoms with Crippen LogP contribution in [0.1, 0.15) is 5.56 Å². The van der Waals surface area contributed by atoms with Crippen molar-refractivity contribution >= 4 is 21.6 Å². The molecule has 0 spiro atoms. The van der Waals surface area contributed by atoms with Gasteiger partial charge in [-0.3, -0.25) is 0 Å². The molecule has 0 aromatic carbocycles. The summed E-state index contributed by atoms with van der Waals surface area (Å²) in [5, 5.41) is 18.3. The molecule has 1 rings (SSSR count). The third-order valence-corrected chi connectivity index (χ3v) is 1.93. The van der Waals surface area contributed by atoms with Gasteiger partial charge in [-0.15, -0.1) is 0 Å². The van der Waals surface area contributed by atoms with Crippen molar-refractivity contribution in [2.75, 3.05) is 0 Å². The highest BCUT2D eigenvalue weighted by molar-refractivity contribution is 9.10. The summed E-state index contributed by atoms with van der Waals surface area (Å²) in [6, 6.07) is 1.66. The molecule has 5 heteroatoms. The molecule has 1 heterocycles. The summed E-state index contributed by atoms with van der Waals surface area (Å²) in [6.45, 7) is 1.73. The molecule has 0 saturated heterocycles. The Hall–Kier alpha value is -0.490. The quantitative estimate of drug-likeness (QED) is 0.535. The number of halogens is 1. The van der Waals surface area contributed by atoms with Crippen molar-refractivity contribution in [2.45, 2.75) is 6.92 Å². The third-order valence-electron chi connectivity index (χ3n) is 1.33. The van der Waals surface area contributed by atoms with Gasteiger partial charge < -0.3 is 5.21 Å². The summed E-state index contributed by atoms with van der Waals surface area (Å²) in [5.74, 6) is 0. The SMILES string of the molecule is Cc1ccnc(Br)c1[NH+]([O-])O. The lowest BCUT2D eigenvalue weighted by Crippen LogP contribution is -2.99. The van der Waals surface area contributed by atoms with Crippen LogP contribution >= 0.6 is 15.9 Å². The van der Waals surface area contributed by atoms with Crippen molar-refractivity contribution in [3.8, 4) is 0 Å². The van der Waals surface area contributed by atoms with Gasteiger partial charge in [0, 0.05) is 11.8 Å². The first-order valence-corrected chi connectivity index (χ1v) is 3.76. The molecule has 0 fully saturated rings. The van der Waals surface area contributed by atoms with Gasteiger partial charge in [0.05, 0.1) is 0 Å². The number of nitrogens with one attached hydrogen (secondary N) is 1. The normalized spacial score (nSPS) is 13.1. The summed E-state index contributed by atoms with van der Waals surface area (Å²) >= 11 is 3.06. The topological polar surface area (TPSA) is 60.6 Å². The maximum absolute atomic E-state index is 10.6. The van der Waals surface area contributed by atoms with E-state index in [1.165, 1.54) is 0 Å². The Morgan fingerprint density at radius 3 is 2.73 bits per heavy atom. The second-order valence-electron chi connectivity index (χ2n) is 2.10. The number of aromatic nitrogens is 1. The van der Waals surface area contributed by atoms with Crippen LogP contribution in [0.2, 0.25) is 0 Å². The van der Waals surface area contributed by atoms with Gasteiger partial charge in [0.15, 0.2) is 10.3 Å². The van der Waals surface area contributed by atoms with Crippen LogP contribution in [0.3, 0.4) is 0 Å². The third kappa shape index (κ3) is 1.75. The number of aryl methyl sites for hydroxylation is 1. The second-order valence-corrected chi connectivity index (χ2v) is 2.85. The van der Waals surface area contributed by atoms with Crippen LogP contribution in [0.15, 0.2) is 16.9 Å². The molecular weight excluding hydrogens is 212 g/mol. The molecule has 0 aliphatic rings. The standard InChI is InChI=1S/C6H7BrN2O2/c1-4-2-3-8-6(7)5(4)9(10)11/h2-3,9-10H,1H3. The Bertz CT molecular complexity index is 245. The molecule has 1 unspecified atom stereocenters. The van der Waals surface area contributed by atoms with Crippen molar-refractivity contribution < 1.29 is 10.4 Å². The summed E-state index contributed by atoms with van der Waals surface area (Å²) in [4.78, 5) is 3.80. The van der Waals surface area contributed by atoms with Crippen molar-refractivity contribution in [1.29, 1.82) is 0 Å². The number of quaternary nitrogens is 1. The van der Waals surface area contributed by atoms with Crippen molar-refractivity contribution in [3.63, 3.8) is 0 Å². The summed E-state index contributed by atoms with van der Waals surface area (Å²) < 4.78 is 0.380. The van der Waals surface area contributed by atoms with E-state index in [-0.39, 0.29) is 5.69 Å². The lowest BCUT2D eigenvalue weighted by Gasteiger charge is -2.14. The first-order chi connectivity index (χ1) is 5.13. The molecule has 0 aliphatic carbocycles. The van der Waals surface area contributed by atoms with E-state index in [1.54, 1.807) is 19.2 Å². The van der Waals surface area contributed by atoms with E-state index >= 15 is 0 Å². The van der Waals surface area contributed by atoms with Gasteiger partial charge in [0.1, 0.15) is 0 Å². The molecular formula is C6H7BrN2O2. The van der Waals surface area contributed by atoms with Crippen molar-refractivity contribution in [3.05, 3.63) is 27.6 Å². The first kappa shape index (κ1) is 8.61. The van der Waals surface area contributed by atoms with E-state index in [9.17, 15) is 5.21 Å². The number of rotatable bonds is 1. The fourth-order valence-electron chi connectivity index (χ4n) is 0.782. The zero-order valence-corrected chi connectivity index (χ0v) is 7.42. The average Bonchev–Trinajstić information content (AvgIpc) is 1.85. The van der Waals surface area contributed by atoms with E-state index in [0.29, 0.717) is 10.2 Å². The second kappa shape index (κ2) is 3.27. The minimum Gasteiger partial charge on any atom is -0.595 e. The van der Waals surface area contributed by atoms with Gasteiger partial charge in [-0.1, -0.05) is 0 Å². The Balaban J connectivity index is 3.21. The minimum absolute atomic E-state index is 0.229. The van der Waals surface area contributed by atoms with Gasteiger partial charge in [0.25, 0.3) is 0 Å². The van der Waals surface area contributed by atoms with Crippen molar-refractivity contribution in [2.24, 2.45) is 0 Å². The molecule has 0 radical (unpaired) electrons. The fraction of sp³-hybridized carbons (Fsp3) is 0.167. The number of hydrogen-bond acceptors (Lipinski definition) is 3. The van der Waals surface area contributed by atoms with Gasteiger partial charge in [-0.25, -0.2) is 10.2 Å². The lowest BCUT2D eigenvalue weighted by molar-refractivity contribution is -0.992. The Labute approximate surface area is 72.1 Å². The molecule has 1 aromatic rings. The van der Waals surface area contributed by atoms with Crippen LogP contribution in [0.4, 0.5) is 5.69 Å². The smallest absolute Gasteiger partial charge is 0.199 e. The molecule has 11 heavy (non-hydrogen) atoms. The Morgan fingerprint density at radius 1 is 1.73 bits per heavy atom. The molecule has 0 saturated carbocycles. The number of nitrogens with zero attached hydrogens (tertiary/aromatic N) is 1. The molecule has 0 bridgehead atoms. The first-order valence-electron chi connectivity index (χ1n) is 2.97.